The molecule has 2 aliphatic rings. The number of amides is 1. The monoisotopic (exact) mass is 361 g/mol. The Kier molecular flexibility index (Phi) is 6.20. The van der Waals surface area contributed by atoms with E-state index in [2.05, 4.69) is 12.2 Å². The predicted octanol–water partition coefficient (Wildman–Crippen LogP) is 1.26. The zero-order chi connectivity index (χ0) is 18.6. The Morgan fingerprint density at radius 2 is 1.88 bits per heavy atom. The zero-order valence-electron chi connectivity index (χ0n) is 16.1. The van der Waals surface area contributed by atoms with E-state index in [1.807, 2.05) is 24.3 Å². The van der Waals surface area contributed by atoms with Crippen LogP contribution >= 0.6 is 0 Å². The summed E-state index contributed by atoms with van der Waals surface area (Å²) in [6.07, 6.45) is 6.20. The molecule has 3 rings (SSSR count). The van der Waals surface area contributed by atoms with Gasteiger partial charge in [-0.25, -0.2) is 0 Å². The van der Waals surface area contributed by atoms with Crippen LogP contribution in [0.3, 0.4) is 0 Å². The standard InChI is InChI=1S/C21H32N2O3/c1-16-5-3-4-6-19(16)22-20(24)15-23-13-11-21(25,12-14-23)17-7-9-18(26-2)10-8-17/h7-10,16,19,25H,3-6,11-15H2,1-2H3,(H,22,24)/p+1/t16-,19+/m0/s1. The minimum Gasteiger partial charge on any atom is -0.497 e. The number of piperidine rings is 1. The average Bonchev–Trinajstić information content (AvgIpc) is 2.66. The molecule has 5 heteroatoms. The maximum absolute atomic E-state index is 12.4. The van der Waals surface area contributed by atoms with E-state index in [1.54, 1.807) is 7.11 Å². The Morgan fingerprint density at radius 1 is 1.23 bits per heavy atom. The van der Waals surface area contributed by atoms with Crippen LogP contribution in [0, 0.1) is 5.92 Å². The maximum atomic E-state index is 12.4. The van der Waals surface area contributed by atoms with E-state index in [1.165, 1.54) is 24.2 Å². The summed E-state index contributed by atoms with van der Waals surface area (Å²) in [4.78, 5) is 13.7. The number of hydrogen-bond acceptors (Lipinski definition) is 3. The van der Waals surface area contributed by atoms with Gasteiger partial charge in [-0.05, 0) is 36.5 Å². The molecule has 1 aliphatic carbocycles. The third kappa shape index (κ3) is 4.57. The molecule has 1 aliphatic heterocycles. The number of carbonyl (C=O) groups excluding carboxylic acids is 1. The molecule has 0 bridgehead atoms. The van der Waals surface area contributed by atoms with Crippen LogP contribution in [0.15, 0.2) is 24.3 Å². The Bertz CT molecular complexity index is 594. The average molecular weight is 362 g/mol. The summed E-state index contributed by atoms with van der Waals surface area (Å²) in [5, 5.41) is 14.2. The lowest BCUT2D eigenvalue weighted by molar-refractivity contribution is -0.900. The lowest BCUT2D eigenvalue weighted by Gasteiger charge is -2.36. The van der Waals surface area contributed by atoms with E-state index in [0.717, 1.165) is 30.8 Å². The van der Waals surface area contributed by atoms with Gasteiger partial charge in [0.2, 0.25) is 0 Å². The van der Waals surface area contributed by atoms with Crippen LogP contribution in [-0.4, -0.2) is 43.8 Å². The third-order valence-electron chi connectivity index (χ3n) is 6.28. The normalized spacial score (nSPS) is 32.0. The minimum absolute atomic E-state index is 0.161. The van der Waals surface area contributed by atoms with E-state index in [9.17, 15) is 9.90 Å². The number of benzene rings is 1. The van der Waals surface area contributed by atoms with Crippen LogP contribution in [0.5, 0.6) is 5.75 Å². The van der Waals surface area contributed by atoms with Crippen molar-refractivity contribution in [3.8, 4) is 5.75 Å². The smallest absolute Gasteiger partial charge is 0.275 e. The highest BCUT2D eigenvalue weighted by Gasteiger charge is 2.37. The molecule has 144 valence electrons. The molecule has 2 fully saturated rings. The number of methoxy groups -OCH3 is 1. The van der Waals surface area contributed by atoms with Gasteiger partial charge in [-0.2, -0.15) is 0 Å². The van der Waals surface area contributed by atoms with Crippen molar-refractivity contribution in [2.75, 3.05) is 26.7 Å². The molecule has 1 aromatic rings. The highest BCUT2D eigenvalue weighted by molar-refractivity contribution is 5.77. The molecule has 1 saturated carbocycles. The van der Waals surface area contributed by atoms with Gasteiger partial charge in [0.1, 0.15) is 11.4 Å². The van der Waals surface area contributed by atoms with Crippen molar-refractivity contribution in [2.45, 2.75) is 57.1 Å². The minimum atomic E-state index is -0.788. The van der Waals surface area contributed by atoms with E-state index in [-0.39, 0.29) is 5.91 Å². The number of nitrogens with one attached hydrogen (secondary N) is 2. The number of hydrogen-bond donors (Lipinski definition) is 3. The number of ether oxygens (including phenoxy) is 1. The first-order valence-electron chi connectivity index (χ1n) is 10.00. The molecule has 1 saturated heterocycles. The zero-order valence-corrected chi connectivity index (χ0v) is 16.1. The van der Waals surface area contributed by atoms with Crippen molar-refractivity contribution in [1.82, 2.24) is 5.32 Å². The van der Waals surface area contributed by atoms with Gasteiger partial charge in [0, 0.05) is 18.9 Å². The molecule has 2 atom stereocenters. The summed E-state index contributed by atoms with van der Waals surface area (Å²) in [7, 11) is 1.64. The molecule has 26 heavy (non-hydrogen) atoms. The summed E-state index contributed by atoms with van der Waals surface area (Å²) in [6.45, 7) is 4.39. The van der Waals surface area contributed by atoms with Crippen LogP contribution in [0.4, 0.5) is 0 Å². The molecule has 0 spiro atoms. The molecule has 1 heterocycles. The highest BCUT2D eigenvalue weighted by Crippen LogP contribution is 2.30. The van der Waals surface area contributed by atoms with Crippen molar-refractivity contribution in [3.63, 3.8) is 0 Å². The number of aliphatic hydroxyl groups is 1. The van der Waals surface area contributed by atoms with Gasteiger partial charge < -0.3 is 20.1 Å². The molecule has 3 N–H and O–H groups in total. The molecule has 1 amide bonds. The Labute approximate surface area is 156 Å². The van der Waals surface area contributed by atoms with Crippen LogP contribution in [0.25, 0.3) is 0 Å². The van der Waals surface area contributed by atoms with E-state index in [4.69, 9.17) is 4.74 Å². The summed E-state index contributed by atoms with van der Waals surface area (Å²) < 4.78 is 5.19. The molecular weight excluding hydrogens is 328 g/mol. The molecule has 1 aromatic carbocycles. The Hall–Kier alpha value is -1.59. The van der Waals surface area contributed by atoms with Gasteiger partial charge >= 0.3 is 0 Å². The quantitative estimate of drug-likeness (QED) is 0.740. The van der Waals surface area contributed by atoms with E-state index >= 15 is 0 Å². The van der Waals surface area contributed by atoms with Gasteiger partial charge in [0.15, 0.2) is 6.54 Å². The second-order valence-electron chi connectivity index (χ2n) is 8.12. The lowest BCUT2D eigenvalue weighted by Crippen LogP contribution is -3.14. The summed E-state index contributed by atoms with van der Waals surface area (Å²) in [6, 6.07) is 8.02. The second kappa shape index (κ2) is 8.40. The summed E-state index contributed by atoms with van der Waals surface area (Å²) in [5.74, 6) is 1.55. The van der Waals surface area contributed by atoms with Crippen molar-refractivity contribution in [2.24, 2.45) is 5.92 Å². The van der Waals surface area contributed by atoms with Gasteiger partial charge in [0.25, 0.3) is 5.91 Å². The molecule has 5 nitrogen and oxygen atoms in total. The van der Waals surface area contributed by atoms with Crippen LogP contribution in [-0.2, 0) is 10.4 Å². The van der Waals surface area contributed by atoms with Crippen molar-refractivity contribution >= 4 is 5.91 Å². The van der Waals surface area contributed by atoms with Crippen LogP contribution < -0.4 is 15.0 Å². The number of rotatable bonds is 5. The first kappa shape index (κ1) is 19.2. The van der Waals surface area contributed by atoms with Crippen LogP contribution in [0.2, 0.25) is 0 Å². The highest BCUT2D eigenvalue weighted by atomic mass is 16.5. The second-order valence-corrected chi connectivity index (χ2v) is 8.12. The van der Waals surface area contributed by atoms with E-state index in [0.29, 0.717) is 31.3 Å². The van der Waals surface area contributed by atoms with E-state index < -0.39 is 5.60 Å². The van der Waals surface area contributed by atoms with Gasteiger partial charge in [-0.3, -0.25) is 4.79 Å². The van der Waals surface area contributed by atoms with Gasteiger partial charge in [0.05, 0.1) is 20.2 Å². The molecular formula is C21H33N2O3+. The number of likely N-dealkylation sites (tertiary alicyclic amines) is 1. The number of quaternary nitrogens is 1. The van der Waals surface area contributed by atoms with Crippen molar-refractivity contribution < 1.29 is 19.5 Å². The van der Waals surface area contributed by atoms with Gasteiger partial charge in [-0.15, -0.1) is 0 Å². The number of carbonyl (C=O) groups is 1. The first-order valence-corrected chi connectivity index (χ1v) is 10.00. The third-order valence-corrected chi connectivity index (χ3v) is 6.28. The van der Waals surface area contributed by atoms with Crippen molar-refractivity contribution in [3.05, 3.63) is 29.8 Å². The summed E-state index contributed by atoms with van der Waals surface area (Å²) in [5.41, 5.74) is 0.155. The van der Waals surface area contributed by atoms with Gasteiger partial charge in [-0.1, -0.05) is 31.9 Å². The Morgan fingerprint density at radius 3 is 2.50 bits per heavy atom. The Balaban J connectivity index is 1.48. The first-order chi connectivity index (χ1) is 12.5. The fourth-order valence-electron chi connectivity index (χ4n) is 4.40. The predicted molar refractivity (Wildman–Crippen MR) is 101 cm³/mol. The fourth-order valence-corrected chi connectivity index (χ4v) is 4.40. The molecule has 0 radical (unpaired) electrons. The fraction of sp³-hybridized carbons (Fsp3) is 0.667. The van der Waals surface area contributed by atoms with Crippen LogP contribution in [0.1, 0.15) is 51.0 Å². The molecule has 0 aromatic heterocycles. The SMILES string of the molecule is COc1ccc(C2(O)CC[NH+](CC(=O)N[C@@H]3CCCC[C@@H]3C)CC2)cc1. The lowest BCUT2D eigenvalue weighted by atomic mass is 9.84. The topological polar surface area (TPSA) is 63.0 Å². The molecule has 0 unspecified atom stereocenters. The largest absolute Gasteiger partial charge is 0.497 e. The maximum Gasteiger partial charge on any atom is 0.275 e. The van der Waals surface area contributed by atoms with Crippen molar-refractivity contribution in [1.29, 1.82) is 0 Å². The summed E-state index contributed by atoms with van der Waals surface area (Å²) >= 11 is 0.